The van der Waals surface area contributed by atoms with Crippen molar-refractivity contribution in [2.75, 3.05) is 0 Å². The van der Waals surface area contributed by atoms with Crippen LogP contribution in [0.3, 0.4) is 0 Å². The Hall–Kier alpha value is -1.10. The number of carbonyl (C=O) groups excluding carboxylic acids is 1. The number of benzene rings is 2. The molecule has 0 radical (unpaired) electrons. The van der Waals surface area contributed by atoms with Crippen LogP contribution in [0.4, 0.5) is 4.39 Å². The molecule has 2 aromatic carbocycles. The lowest BCUT2D eigenvalue weighted by atomic mass is 10.1. The molecule has 0 aliphatic heterocycles. The van der Waals surface area contributed by atoms with Gasteiger partial charge in [0.2, 0.25) is 0 Å². The van der Waals surface area contributed by atoms with E-state index in [0.717, 1.165) is 22.4 Å². The highest BCUT2D eigenvalue weighted by atomic mass is 35.5. The van der Waals surface area contributed by atoms with E-state index in [4.69, 9.17) is 11.6 Å². The molecule has 1 unspecified atom stereocenters. The third kappa shape index (κ3) is 6.96. The first-order chi connectivity index (χ1) is 11.7. The van der Waals surface area contributed by atoms with Gasteiger partial charge in [0.25, 0.3) is 0 Å². The first kappa shape index (κ1) is 20.2. The minimum atomic E-state index is -1.28. The molecule has 25 heavy (non-hydrogen) atoms. The van der Waals surface area contributed by atoms with Gasteiger partial charge in [-0.05, 0) is 48.9 Å². The second-order valence-electron chi connectivity index (χ2n) is 7.40. The third-order valence-corrected chi connectivity index (χ3v) is 7.63. The first-order valence-corrected chi connectivity index (χ1v) is 13.4. The van der Waals surface area contributed by atoms with E-state index in [9.17, 15) is 9.18 Å². The van der Waals surface area contributed by atoms with Crippen LogP contribution in [0.15, 0.2) is 53.4 Å². The highest BCUT2D eigenvalue weighted by molar-refractivity contribution is 8.00. The Morgan fingerprint density at radius 2 is 1.76 bits per heavy atom. The van der Waals surface area contributed by atoms with Gasteiger partial charge in [0, 0.05) is 30.2 Å². The zero-order valence-corrected chi connectivity index (χ0v) is 17.5. The maximum Gasteiger partial charge on any atom is 0.162 e. The van der Waals surface area contributed by atoms with Crippen LogP contribution in [0, 0.1) is 5.82 Å². The summed E-state index contributed by atoms with van der Waals surface area (Å²) in [5.74, 6) is -0.247. The second-order valence-corrected chi connectivity index (χ2v) is 14.7. The average Bonchev–Trinajstić information content (AvgIpc) is 2.54. The second kappa shape index (κ2) is 9.02. The summed E-state index contributed by atoms with van der Waals surface area (Å²) < 4.78 is 13.0. The summed E-state index contributed by atoms with van der Waals surface area (Å²) in [6.45, 7) is 7.03. The smallest absolute Gasteiger partial charge is 0.162 e. The van der Waals surface area contributed by atoms with Gasteiger partial charge in [-0.3, -0.25) is 4.79 Å². The number of hydrogen-bond donors (Lipinski definition) is 0. The van der Waals surface area contributed by atoms with Crippen LogP contribution in [0.25, 0.3) is 0 Å². The molecule has 0 saturated heterocycles. The van der Waals surface area contributed by atoms with Crippen molar-refractivity contribution in [2.24, 2.45) is 0 Å². The molecule has 0 aliphatic carbocycles. The highest BCUT2D eigenvalue weighted by Crippen LogP contribution is 2.36. The molecule has 1 atom stereocenters. The van der Waals surface area contributed by atoms with Crippen LogP contribution in [0.1, 0.15) is 23.2 Å². The van der Waals surface area contributed by atoms with Crippen molar-refractivity contribution in [3.05, 3.63) is 64.9 Å². The fourth-order valence-electron chi connectivity index (χ4n) is 2.68. The Bertz CT molecular complexity index is 712. The molecular formula is C20H24ClFOSSi. The number of Topliss-reactive ketones (excluding diaryl/α,β-unsaturated/α-hetero) is 1. The van der Waals surface area contributed by atoms with Crippen molar-refractivity contribution < 1.29 is 9.18 Å². The van der Waals surface area contributed by atoms with Crippen molar-refractivity contribution in [3.63, 3.8) is 0 Å². The largest absolute Gasteiger partial charge is 0.294 e. The van der Waals surface area contributed by atoms with Crippen LogP contribution in [-0.4, -0.2) is 19.1 Å². The molecule has 0 saturated carbocycles. The van der Waals surface area contributed by atoms with Crippen molar-refractivity contribution in [3.8, 4) is 0 Å². The summed E-state index contributed by atoms with van der Waals surface area (Å²) in [6, 6.07) is 14.8. The molecule has 1 nitrogen and oxygen atoms in total. The molecule has 0 amide bonds. The average molecular weight is 395 g/mol. The minimum absolute atomic E-state index is 0.0698. The quantitative estimate of drug-likeness (QED) is 0.274. The van der Waals surface area contributed by atoms with Crippen LogP contribution < -0.4 is 0 Å². The fraction of sp³-hybridized carbons (Fsp3) is 0.350. The Morgan fingerprint density at radius 3 is 2.36 bits per heavy atom. The standard InChI is InChI=1S/C20H24ClFOSSi/c1-25(2,3)14-17(24-20-7-5-4-6-18(20)21)12-13-19(23)15-8-10-16(22)11-9-15/h4-11,17H,12-14H2,1-3H3. The van der Waals surface area contributed by atoms with Gasteiger partial charge in [0.05, 0.1) is 5.02 Å². The molecule has 0 aromatic heterocycles. The summed E-state index contributed by atoms with van der Waals surface area (Å²) in [5, 5.41) is 1.12. The van der Waals surface area contributed by atoms with E-state index in [2.05, 4.69) is 19.6 Å². The Kier molecular flexibility index (Phi) is 7.29. The van der Waals surface area contributed by atoms with E-state index in [1.807, 2.05) is 24.3 Å². The molecule has 0 spiro atoms. The van der Waals surface area contributed by atoms with E-state index in [1.54, 1.807) is 23.9 Å². The van der Waals surface area contributed by atoms with Gasteiger partial charge in [-0.1, -0.05) is 43.4 Å². The minimum Gasteiger partial charge on any atom is -0.294 e. The first-order valence-electron chi connectivity index (χ1n) is 8.44. The predicted molar refractivity (Wildman–Crippen MR) is 109 cm³/mol. The zero-order chi connectivity index (χ0) is 18.4. The number of hydrogen-bond acceptors (Lipinski definition) is 2. The van der Waals surface area contributed by atoms with Gasteiger partial charge in [-0.15, -0.1) is 11.8 Å². The number of halogens is 2. The van der Waals surface area contributed by atoms with E-state index < -0.39 is 8.07 Å². The van der Waals surface area contributed by atoms with Crippen molar-refractivity contribution in [1.82, 2.24) is 0 Å². The van der Waals surface area contributed by atoms with Crippen LogP contribution in [0.5, 0.6) is 0 Å². The SMILES string of the molecule is C[Si](C)(C)CC(CCC(=O)c1ccc(F)cc1)Sc1ccccc1Cl. The monoisotopic (exact) mass is 394 g/mol. The number of ketones is 1. The molecule has 0 aliphatic rings. The van der Waals surface area contributed by atoms with Crippen molar-refractivity contribution in [2.45, 2.75) is 48.7 Å². The summed E-state index contributed by atoms with van der Waals surface area (Å²) in [4.78, 5) is 13.5. The molecule has 0 heterocycles. The molecule has 134 valence electrons. The molecule has 5 heteroatoms. The molecule has 2 aromatic rings. The van der Waals surface area contributed by atoms with Gasteiger partial charge in [0.15, 0.2) is 5.78 Å². The van der Waals surface area contributed by atoms with E-state index in [0.29, 0.717) is 17.2 Å². The van der Waals surface area contributed by atoms with Crippen LogP contribution in [0.2, 0.25) is 30.7 Å². The van der Waals surface area contributed by atoms with Gasteiger partial charge in [0.1, 0.15) is 5.82 Å². The summed E-state index contributed by atoms with van der Waals surface area (Å²) >= 11 is 8.07. The Labute approximate surface area is 160 Å². The Balaban J connectivity index is 2.04. The topological polar surface area (TPSA) is 17.1 Å². The third-order valence-electron chi connectivity index (χ3n) is 3.83. The zero-order valence-electron chi connectivity index (χ0n) is 14.9. The molecular weight excluding hydrogens is 371 g/mol. The summed E-state index contributed by atoms with van der Waals surface area (Å²) in [7, 11) is -1.28. The maximum atomic E-state index is 13.0. The van der Waals surface area contributed by atoms with Crippen LogP contribution >= 0.6 is 23.4 Å². The van der Waals surface area contributed by atoms with E-state index in [-0.39, 0.29) is 11.6 Å². The van der Waals surface area contributed by atoms with E-state index in [1.165, 1.54) is 12.1 Å². The maximum absolute atomic E-state index is 13.0. The highest BCUT2D eigenvalue weighted by Gasteiger charge is 2.23. The molecule has 2 rings (SSSR count). The van der Waals surface area contributed by atoms with E-state index >= 15 is 0 Å². The van der Waals surface area contributed by atoms with Crippen LogP contribution in [-0.2, 0) is 0 Å². The number of thioether (sulfide) groups is 1. The predicted octanol–water partition coefficient (Wildman–Crippen LogP) is 6.94. The lowest BCUT2D eigenvalue weighted by Crippen LogP contribution is -2.25. The van der Waals surface area contributed by atoms with Gasteiger partial charge < -0.3 is 0 Å². The normalized spacial score (nSPS) is 12.8. The molecule has 0 N–H and O–H groups in total. The Morgan fingerprint density at radius 1 is 1.12 bits per heavy atom. The fourth-order valence-corrected chi connectivity index (χ4v) is 7.28. The lowest BCUT2D eigenvalue weighted by Gasteiger charge is -2.24. The number of rotatable bonds is 8. The van der Waals surface area contributed by atoms with Gasteiger partial charge >= 0.3 is 0 Å². The number of carbonyl (C=O) groups is 1. The van der Waals surface area contributed by atoms with Gasteiger partial charge in [-0.2, -0.15) is 0 Å². The molecule has 0 bridgehead atoms. The summed E-state index contributed by atoms with van der Waals surface area (Å²) in [5.41, 5.74) is 0.580. The van der Waals surface area contributed by atoms with Crippen molar-refractivity contribution in [1.29, 1.82) is 0 Å². The lowest BCUT2D eigenvalue weighted by molar-refractivity contribution is 0.0980. The van der Waals surface area contributed by atoms with Crippen molar-refractivity contribution >= 4 is 37.2 Å². The summed E-state index contributed by atoms with van der Waals surface area (Å²) in [6.07, 6.45) is 1.27. The molecule has 0 fully saturated rings. The van der Waals surface area contributed by atoms with Gasteiger partial charge in [-0.25, -0.2) is 4.39 Å².